The summed E-state index contributed by atoms with van der Waals surface area (Å²) in [6, 6.07) is -2.19. The van der Waals surface area contributed by atoms with Crippen LogP contribution in [0.3, 0.4) is 0 Å². The number of amides is 2. The first-order valence-electron chi connectivity index (χ1n) is 8.24. The van der Waals surface area contributed by atoms with Gasteiger partial charge in [-0.1, -0.05) is 20.3 Å². The monoisotopic (exact) mass is 343 g/mol. The van der Waals surface area contributed by atoms with Crippen LogP contribution in [-0.4, -0.2) is 58.2 Å². The Morgan fingerprint density at radius 3 is 2.42 bits per heavy atom. The number of likely N-dealkylation sites (tertiary alicyclic amines) is 1. The molecule has 4 atom stereocenters. The molecule has 24 heavy (non-hydrogen) atoms. The topological polar surface area (TPSA) is 122 Å². The molecule has 2 amide bonds. The number of aliphatic carboxylic acids is 1. The van der Waals surface area contributed by atoms with Crippen LogP contribution in [0.4, 0.5) is 4.79 Å². The number of nitrogens with zero attached hydrogens (tertiary/aromatic N) is 1. The van der Waals surface area contributed by atoms with Gasteiger partial charge in [0.2, 0.25) is 5.91 Å². The van der Waals surface area contributed by atoms with Crippen LogP contribution >= 0.6 is 0 Å². The van der Waals surface area contributed by atoms with Crippen molar-refractivity contribution < 1.29 is 24.2 Å². The molecule has 0 aromatic heterocycles. The maximum absolute atomic E-state index is 12.8. The molecule has 8 nitrogen and oxygen atoms in total. The molecule has 4 N–H and O–H groups in total. The number of carboxylic acid groups (broad SMARTS) is 1. The molecule has 1 aliphatic rings. The molecule has 0 bridgehead atoms. The average molecular weight is 343 g/mol. The minimum atomic E-state index is -1.09. The summed E-state index contributed by atoms with van der Waals surface area (Å²) < 4.78 is 5.21. The van der Waals surface area contributed by atoms with Crippen LogP contribution in [0.5, 0.6) is 0 Å². The molecule has 1 fully saturated rings. The molecule has 0 radical (unpaired) electrons. The third-order valence-electron chi connectivity index (χ3n) is 4.05. The summed E-state index contributed by atoms with van der Waals surface area (Å²) in [6.45, 7) is 9.07. The first-order valence-corrected chi connectivity index (χ1v) is 8.24. The molecule has 138 valence electrons. The lowest BCUT2D eigenvalue weighted by atomic mass is 9.97. The van der Waals surface area contributed by atoms with Crippen LogP contribution in [0, 0.1) is 5.92 Å². The molecule has 1 aliphatic heterocycles. The van der Waals surface area contributed by atoms with Crippen LogP contribution in [0.25, 0.3) is 0 Å². The number of rotatable bonds is 5. The highest BCUT2D eigenvalue weighted by atomic mass is 16.6. The summed E-state index contributed by atoms with van der Waals surface area (Å²) in [5.74, 6) is -1.69. The van der Waals surface area contributed by atoms with Crippen molar-refractivity contribution in [3.63, 3.8) is 0 Å². The Morgan fingerprint density at radius 1 is 1.38 bits per heavy atom. The largest absolute Gasteiger partial charge is 0.480 e. The van der Waals surface area contributed by atoms with Crippen LogP contribution in [-0.2, 0) is 14.3 Å². The summed E-state index contributed by atoms with van der Waals surface area (Å²) in [5.41, 5.74) is 5.13. The number of carbonyl (C=O) groups excluding carboxylic acids is 2. The van der Waals surface area contributed by atoms with Gasteiger partial charge >= 0.3 is 12.1 Å². The Bertz CT molecular complexity index is 489. The summed E-state index contributed by atoms with van der Waals surface area (Å²) in [4.78, 5) is 37.5. The normalized spacial score (nSPS) is 23.5. The van der Waals surface area contributed by atoms with Gasteiger partial charge in [-0.25, -0.2) is 9.59 Å². The number of hydrogen-bond donors (Lipinski definition) is 3. The summed E-state index contributed by atoms with van der Waals surface area (Å²) in [7, 11) is 0. The standard InChI is InChI=1S/C16H29N3O5/c1-6-9(2)12(18-15(23)24-16(3,4)5)13(20)19-8-10(17)7-11(19)14(21)22/h9-12H,6-8,17H2,1-5H3,(H,18,23)(H,21,22)/t9-,10-,11-,12-/m0/s1. The maximum Gasteiger partial charge on any atom is 0.408 e. The first-order chi connectivity index (χ1) is 11.0. The quantitative estimate of drug-likeness (QED) is 0.683. The fraction of sp³-hybridized carbons (Fsp3) is 0.812. The van der Waals surface area contributed by atoms with E-state index in [1.807, 2.05) is 13.8 Å². The highest BCUT2D eigenvalue weighted by molar-refractivity contribution is 5.90. The van der Waals surface area contributed by atoms with E-state index >= 15 is 0 Å². The van der Waals surface area contributed by atoms with E-state index < -0.39 is 35.7 Å². The molecule has 1 saturated heterocycles. The number of nitrogens with one attached hydrogen (secondary N) is 1. The molecule has 0 aromatic carbocycles. The molecule has 0 aliphatic carbocycles. The SMILES string of the molecule is CC[C@H](C)[C@H](NC(=O)OC(C)(C)C)C(=O)N1C[C@@H](N)C[C@H]1C(=O)O. The Balaban J connectivity index is 2.93. The lowest BCUT2D eigenvalue weighted by molar-refractivity contribution is -0.149. The number of alkyl carbamates (subject to hydrolysis) is 1. The Kier molecular flexibility index (Phi) is 6.59. The van der Waals surface area contributed by atoms with Crippen molar-refractivity contribution >= 4 is 18.0 Å². The van der Waals surface area contributed by atoms with Gasteiger partial charge in [-0.05, 0) is 33.1 Å². The van der Waals surface area contributed by atoms with Gasteiger partial charge in [0, 0.05) is 12.6 Å². The third kappa shape index (κ3) is 5.36. The van der Waals surface area contributed by atoms with Crippen molar-refractivity contribution in [3.05, 3.63) is 0 Å². The first kappa shape index (κ1) is 20.2. The van der Waals surface area contributed by atoms with Gasteiger partial charge in [-0.2, -0.15) is 0 Å². The van der Waals surface area contributed by atoms with Crippen molar-refractivity contribution in [2.45, 2.75) is 71.2 Å². The van der Waals surface area contributed by atoms with Crippen molar-refractivity contribution in [1.82, 2.24) is 10.2 Å². The number of carboxylic acids is 1. The number of ether oxygens (including phenoxy) is 1. The Labute approximate surface area is 142 Å². The van der Waals surface area contributed by atoms with Crippen LogP contribution in [0.15, 0.2) is 0 Å². The predicted molar refractivity (Wildman–Crippen MR) is 88.3 cm³/mol. The number of nitrogens with two attached hydrogens (primary N) is 1. The second-order valence-corrected chi connectivity index (χ2v) is 7.35. The van der Waals surface area contributed by atoms with Crippen LogP contribution < -0.4 is 11.1 Å². The van der Waals surface area contributed by atoms with Gasteiger partial charge in [0.15, 0.2) is 0 Å². The van der Waals surface area contributed by atoms with Crippen molar-refractivity contribution in [2.75, 3.05) is 6.54 Å². The van der Waals surface area contributed by atoms with E-state index in [9.17, 15) is 19.5 Å². The molecule has 1 heterocycles. The van der Waals surface area contributed by atoms with Gasteiger partial charge in [0.05, 0.1) is 0 Å². The fourth-order valence-electron chi connectivity index (χ4n) is 2.64. The minimum Gasteiger partial charge on any atom is -0.480 e. The van der Waals surface area contributed by atoms with Crippen LogP contribution in [0.2, 0.25) is 0 Å². The summed E-state index contributed by atoms with van der Waals surface area (Å²) in [5, 5.41) is 11.9. The predicted octanol–water partition coefficient (Wildman–Crippen LogP) is 0.939. The van der Waals surface area contributed by atoms with Gasteiger partial charge in [-0.3, -0.25) is 4.79 Å². The smallest absolute Gasteiger partial charge is 0.408 e. The number of carbonyl (C=O) groups is 3. The molecule has 1 rings (SSSR count). The van der Waals surface area contributed by atoms with E-state index in [0.717, 1.165) is 0 Å². The fourth-order valence-corrected chi connectivity index (χ4v) is 2.64. The van der Waals surface area contributed by atoms with E-state index in [4.69, 9.17) is 10.5 Å². The lowest BCUT2D eigenvalue weighted by Gasteiger charge is -2.31. The summed E-state index contributed by atoms with van der Waals surface area (Å²) >= 11 is 0. The van der Waals surface area contributed by atoms with Crippen LogP contribution in [0.1, 0.15) is 47.5 Å². The molecule has 0 aromatic rings. The zero-order chi connectivity index (χ0) is 18.7. The number of hydrogen-bond acceptors (Lipinski definition) is 5. The lowest BCUT2D eigenvalue weighted by Crippen LogP contribution is -2.55. The minimum absolute atomic E-state index is 0.165. The highest BCUT2D eigenvalue weighted by Crippen LogP contribution is 2.21. The summed E-state index contributed by atoms with van der Waals surface area (Å²) in [6.07, 6.45) is 0.154. The van der Waals surface area contributed by atoms with Crippen molar-refractivity contribution in [3.8, 4) is 0 Å². The third-order valence-corrected chi connectivity index (χ3v) is 4.05. The Morgan fingerprint density at radius 2 is 1.96 bits per heavy atom. The van der Waals surface area contributed by atoms with Gasteiger partial charge in [0.1, 0.15) is 17.7 Å². The zero-order valence-corrected chi connectivity index (χ0v) is 15.0. The maximum atomic E-state index is 12.8. The van der Waals surface area contributed by atoms with Gasteiger partial charge in [0.25, 0.3) is 0 Å². The van der Waals surface area contributed by atoms with E-state index in [1.165, 1.54) is 4.90 Å². The highest BCUT2D eigenvalue weighted by Gasteiger charge is 2.42. The van der Waals surface area contributed by atoms with E-state index in [1.54, 1.807) is 20.8 Å². The average Bonchev–Trinajstić information content (AvgIpc) is 2.83. The molecule has 0 unspecified atom stereocenters. The zero-order valence-electron chi connectivity index (χ0n) is 15.0. The van der Waals surface area contributed by atoms with E-state index in [0.29, 0.717) is 6.42 Å². The molecule has 0 spiro atoms. The Hall–Kier alpha value is -1.83. The van der Waals surface area contributed by atoms with E-state index in [-0.39, 0.29) is 24.9 Å². The molecular weight excluding hydrogens is 314 g/mol. The van der Waals surface area contributed by atoms with Gasteiger partial charge < -0.3 is 25.8 Å². The molecule has 8 heteroatoms. The van der Waals surface area contributed by atoms with E-state index in [2.05, 4.69) is 5.32 Å². The second kappa shape index (κ2) is 7.83. The van der Waals surface area contributed by atoms with Gasteiger partial charge in [-0.15, -0.1) is 0 Å². The molecular formula is C16H29N3O5. The second-order valence-electron chi connectivity index (χ2n) is 7.35. The van der Waals surface area contributed by atoms with Crippen molar-refractivity contribution in [2.24, 2.45) is 11.7 Å². The van der Waals surface area contributed by atoms with Crippen molar-refractivity contribution in [1.29, 1.82) is 0 Å². The molecule has 0 saturated carbocycles.